The van der Waals surface area contributed by atoms with Crippen LogP contribution in [0.1, 0.15) is 12.0 Å². The summed E-state index contributed by atoms with van der Waals surface area (Å²) in [5, 5.41) is 0. The van der Waals surface area contributed by atoms with Crippen LogP contribution in [0, 0.1) is 0 Å². The molecule has 0 bridgehead atoms. The highest BCUT2D eigenvalue weighted by molar-refractivity contribution is 7.98. The minimum atomic E-state index is 0.0823. The van der Waals surface area contributed by atoms with E-state index in [0.717, 1.165) is 5.56 Å². The van der Waals surface area contributed by atoms with Gasteiger partial charge in [-0.3, -0.25) is 4.79 Å². The van der Waals surface area contributed by atoms with Gasteiger partial charge in [-0.25, -0.2) is 0 Å². The Hall–Kier alpha value is -1.48. The lowest BCUT2D eigenvalue weighted by atomic mass is 10.2. The zero-order valence-electron chi connectivity index (χ0n) is 10.8. The molecule has 0 aliphatic heterocycles. The fourth-order valence-corrected chi connectivity index (χ4v) is 2.02. The number of carbonyl (C=O) groups is 1. The van der Waals surface area contributed by atoms with E-state index < -0.39 is 0 Å². The standard InChI is InChI=1S/C15H19NOS/c1-4-6-15(17)16(11-5-2)12-13-7-9-14(18-3)10-8-13/h4-5,7-10H,1-2,6,11-12H2,3H3. The molecule has 0 heterocycles. The first-order valence-electron chi connectivity index (χ1n) is 5.83. The molecule has 1 amide bonds. The van der Waals surface area contributed by atoms with Gasteiger partial charge in [0, 0.05) is 24.4 Å². The molecule has 1 rings (SSSR count). The first-order chi connectivity index (χ1) is 8.71. The van der Waals surface area contributed by atoms with Gasteiger partial charge in [0.2, 0.25) is 5.91 Å². The van der Waals surface area contributed by atoms with Crippen LogP contribution in [0.3, 0.4) is 0 Å². The normalized spacial score (nSPS) is 9.83. The highest BCUT2D eigenvalue weighted by Crippen LogP contribution is 2.16. The van der Waals surface area contributed by atoms with Gasteiger partial charge in [0.1, 0.15) is 0 Å². The number of hydrogen-bond donors (Lipinski definition) is 0. The third kappa shape index (κ3) is 4.41. The van der Waals surface area contributed by atoms with Gasteiger partial charge in [0.25, 0.3) is 0 Å². The summed E-state index contributed by atoms with van der Waals surface area (Å²) in [6.07, 6.45) is 5.80. The average Bonchev–Trinajstić information content (AvgIpc) is 2.39. The smallest absolute Gasteiger partial charge is 0.226 e. The maximum Gasteiger partial charge on any atom is 0.226 e. The van der Waals surface area contributed by atoms with Crippen LogP contribution in [0.15, 0.2) is 54.5 Å². The van der Waals surface area contributed by atoms with E-state index in [1.807, 2.05) is 6.26 Å². The van der Waals surface area contributed by atoms with Gasteiger partial charge in [-0.15, -0.1) is 24.9 Å². The van der Waals surface area contributed by atoms with Crippen LogP contribution < -0.4 is 0 Å². The number of thioether (sulfide) groups is 1. The second kappa shape index (κ2) is 7.77. The maximum absolute atomic E-state index is 11.9. The first-order valence-corrected chi connectivity index (χ1v) is 7.06. The summed E-state index contributed by atoms with van der Waals surface area (Å²) in [4.78, 5) is 14.9. The molecule has 18 heavy (non-hydrogen) atoms. The fourth-order valence-electron chi connectivity index (χ4n) is 1.61. The van der Waals surface area contributed by atoms with Gasteiger partial charge in [0.15, 0.2) is 0 Å². The van der Waals surface area contributed by atoms with Gasteiger partial charge >= 0.3 is 0 Å². The molecule has 0 atom stereocenters. The predicted octanol–water partition coefficient (Wildman–Crippen LogP) is 3.50. The van der Waals surface area contributed by atoms with Crippen molar-refractivity contribution in [3.05, 3.63) is 55.1 Å². The Kier molecular flexibility index (Phi) is 6.29. The molecule has 0 saturated heterocycles. The molecule has 0 aliphatic rings. The summed E-state index contributed by atoms with van der Waals surface area (Å²) in [6, 6.07) is 8.26. The van der Waals surface area contributed by atoms with Crippen LogP contribution in [0.5, 0.6) is 0 Å². The molecule has 1 aromatic rings. The molecule has 0 spiro atoms. The summed E-state index contributed by atoms with van der Waals surface area (Å²) < 4.78 is 0. The van der Waals surface area contributed by atoms with E-state index in [4.69, 9.17) is 0 Å². The van der Waals surface area contributed by atoms with Crippen molar-refractivity contribution in [1.82, 2.24) is 4.90 Å². The van der Waals surface area contributed by atoms with Crippen molar-refractivity contribution in [2.45, 2.75) is 17.9 Å². The van der Waals surface area contributed by atoms with Crippen LogP contribution in [-0.4, -0.2) is 23.6 Å². The molecular weight excluding hydrogens is 242 g/mol. The first kappa shape index (κ1) is 14.6. The monoisotopic (exact) mass is 261 g/mol. The number of carbonyl (C=O) groups excluding carboxylic acids is 1. The molecule has 0 unspecified atom stereocenters. The van der Waals surface area contributed by atoms with Crippen LogP contribution in [0.25, 0.3) is 0 Å². The Morgan fingerprint density at radius 2 is 1.94 bits per heavy atom. The van der Waals surface area contributed by atoms with E-state index >= 15 is 0 Å². The molecular formula is C15H19NOS. The van der Waals surface area contributed by atoms with Crippen molar-refractivity contribution >= 4 is 17.7 Å². The zero-order valence-corrected chi connectivity index (χ0v) is 11.6. The summed E-state index contributed by atoms with van der Waals surface area (Å²) in [7, 11) is 0. The quantitative estimate of drug-likeness (QED) is 0.553. The lowest BCUT2D eigenvalue weighted by Crippen LogP contribution is -2.30. The van der Waals surface area contributed by atoms with E-state index in [0.29, 0.717) is 19.5 Å². The van der Waals surface area contributed by atoms with E-state index in [-0.39, 0.29) is 5.91 Å². The lowest BCUT2D eigenvalue weighted by molar-refractivity contribution is -0.130. The summed E-state index contributed by atoms with van der Waals surface area (Å²) in [6.45, 7) is 8.47. The van der Waals surface area contributed by atoms with Crippen LogP contribution in [0.2, 0.25) is 0 Å². The van der Waals surface area contributed by atoms with E-state index in [9.17, 15) is 4.79 Å². The molecule has 0 aliphatic carbocycles. The van der Waals surface area contributed by atoms with Gasteiger partial charge in [-0.2, -0.15) is 0 Å². The average molecular weight is 261 g/mol. The van der Waals surface area contributed by atoms with Gasteiger partial charge in [0.05, 0.1) is 0 Å². The van der Waals surface area contributed by atoms with Crippen molar-refractivity contribution in [3.63, 3.8) is 0 Å². The number of nitrogens with zero attached hydrogens (tertiary/aromatic N) is 1. The van der Waals surface area contributed by atoms with Gasteiger partial charge in [-0.1, -0.05) is 24.3 Å². The van der Waals surface area contributed by atoms with E-state index in [1.54, 1.807) is 28.8 Å². The number of benzene rings is 1. The Morgan fingerprint density at radius 3 is 2.44 bits per heavy atom. The summed E-state index contributed by atoms with van der Waals surface area (Å²) >= 11 is 1.71. The third-order valence-corrected chi connectivity index (χ3v) is 3.30. The van der Waals surface area contributed by atoms with Crippen LogP contribution >= 0.6 is 11.8 Å². The number of amides is 1. The van der Waals surface area contributed by atoms with E-state index in [2.05, 4.69) is 37.4 Å². The Labute approximate surface area is 113 Å². The van der Waals surface area contributed by atoms with Crippen LogP contribution in [-0.2, 0) is 11.3 Å². The largest absolute Gasteiger partial charge is 0.334 e. The van der Waals surface area contributed by atoms with Crippen molar-refractivity contribution < 1.29 is 4.79 Å². The SMILES string of the molecule is C=CCC(=O)N(CC=C)Cc1ccc(SC)cc1. The minimum absolute atomic E-state index is 0.0823. The number of rotatable bonds is 7. The van der Waals surface area contributed by atoms with Crippen molar-refractivity contribution in [2.24, 2.45) is 0 Å². The molecule has 0 saturated carbocycles. The Balaban J connectivity index is 2.72. The van der Waals surface area contributed by atoms with Crippen molar-refractivity contribution in [1.29, 1.82) is 0 Å². The van der Waals surface area contributed by atoms with Gasteiger partial charge < -0.3 is 4.90 Å². The molecule has 0 fully saturated rings. The minimum Gasteiger partial charge on any atom is -0.334 e. The number of hydrogen-bond acceptors (Lipinski definition) is 2. The third-order valence-electron chi connectivity index (χ3n) is 2.55. The zero-order chi connectivity index (χ0) is 13.4. The molecule has 2 nitrogen and oxygen atoms in total. The molecule has 0 radical (unpaired) electrons. The second-order valence-electron chi connectivity index (χ2n) is 3.90. The molecule has 0 N–H and O–H groups in total. The van der Waals surface area contributed by atoms with Gasteiger partial charge in [-0.05, 0) is 24.0 Å². The highest BCUT2D eigenvalue weighted by atomic mass is 32.2. The summed E-state index contributed by atoms with van der Waals surface area (Å²) in [5.74, 6) is 0.0823. The maximum atomic E-state index is 11.9. The molecule has 1 aromatic carbocycles. The second-order valence-corrected chi connectivity index (χ2v) is 4.78. The van der Waals surface area contributed by atoms with E-state index in [1.165, 1.54) is 4.90 Å². The van der Waals surface area contributed by atoms with Crippen LogP contribution in [0.4, 0.5) is 0 Å². The topological polar surface area (TPSA) is 20.3 Å². The summed E-state index contributed by atoms with van der Waals surface area (Å²) in [5.41, 5.74) is 1.13. The predicted molar refractivity (Wildman–Crippen MR) is 78.7 cm³/mol. The van der Waals surface area contributed by atoms with Crippen molar-refractivity contribution in [3.8, 4) is 0 Å². The molecule has 96 valence electrons. The fraction of sp³-hybridized carbons (Fsp3) is 0.267. The molecule has 0 aromatic heterocycles. The molecule has 3 heteroatoms. The lowest BCUT2D eigenvalue weighted by Gasteiger charge is -2.20. The van der Waals surface area contributed by atoms with Crippen molar-refractivity contribution in [2.75, 3.05) is 12.8 Å². The highest BCUT2D eigenvalue weighted by Gasteiger charge is 2.10. The Morgan fingerprint density at radius 1 is 1.28 bits per heavy atom. The Bertz CT molecular complexity index is 411.